The first-order valence-corrected chi connectivity index (χ1v) is 7.63. The van der Waals surface area contributed by atoms with E-state index in [1.165, 1.54) is 38.9 Å². The van der Waals surface area contributed by atoms with Gasteiger partial charge in [0.1, 0.15) is 5.15 Å². The van der Waals surface area contributed by atoms with Gasteiger partial charge in [-0.05, 0) is 45.8 Å². The number of aryl methyl sites for hydroxylation is 2. The molecule has 0 aromatic carbocycles. The average Bonchev–Trinajstić information content (AvgIpc) is 2.64. The van der Waals surface area contributed by atoms with Crippen LogP contribution < -0.4 is 5.32 Å². The number of piperidine rings is 1. The van der Waals surface area contributed by atoms with Crippen molar-refractivity contribution in [2.24, 2.45) is 7.05 Å². The Balaban J connectivity index is 1.80. The third-order valence-electron chi connectivity index (χ3n) is 3.96. The van der Waals surface area contributed by atoms with Crippen LogP contribution in [0.15, 0.2) is 0 Å². The molecule has 2 rings (SSSR count). The first-order valence-electron chi connectivity index (χ1n) is 7.25. The van der Waals surface area contributed by atoms with E-state index in [4.69, 9.17) is 11.6 Å². The largest absolute Gasteiger partial charge is 0.310 e. The first kappa shape index (κ1) is 14.8. The van der Waals surface area contributed by atoms with Gasteiger partial charge in [-0.2, -0.15) is 5.10 Å². The molecule has 19 heavy (non-hydrogen) atoms. The Morgan fingerprint density at radius 1 is 1.37 bits per heavy atom. The quantitative estimate of drug-likeness (QED) is 0.901. The number of likely N-dealkylation sites (tertiary alicyclic amines) is 1. The zero-order chi connectivity index (χ0) is 13.8. The van der Waals surface area contributed by atoms with Crippen molar-refractivity contribution in [1.29, 1.82) is 0 Å². The van der Waals surface area contributed by atoms with Crippen LogP contribution in [0.3, 0.4) is 0 Å². The fourth-order valence-electron chi connectivity index (χ4n) is 2.80. The normalized spacial score (nSPS) is 18.1. The van der Waals surface area contributed by atoms with Gasteiger partial charge in [-0.3, -0.25) is 4.68 Å². The van der Waals surface area contributed by atoms with Crippen LogP contribution >= 0.6 is 11.6 Å². The fourth-order valence-corrected chi connectivity index (χ4v) is 3.04. The molecule has 1 N–H and O–H groups in total. The van der Waals surface area contributed by atoms with Crippen molar-refractivity contribution >= 4 is 11.6 Å². The van der Waals surface area contributed by atoms with Crippen LogP contribution in [0.5, 0.6) is 0 Å². The zero-order valence-electron chi connectivity index (χ0n) is 12.2. The van der Waals surface area contributed by atoms with E-state index in [2.05, 4.69) is 22.2 Å². The summed E-state index contributed by atoms with van der Waals surface area (Å²) in [6.07, 6.45) is 3.72. The van der Waals surface area contributed by atoms with Crippen LogP contribution in [0.2, 0.25) is 5.15 Å². The predicted molar refractivity (Wildman–Crippen MR) is 79.5 cm³/mol. The third kappa shape index (κ3) is 3.71. The van der Waals surface area contributed by atoms with Gasteiger partial charge in [0.15, 0.2) is 0 Å². The van der Waals surface area contributed by atoms with Crippen LogP contribution in [-0.2, 0) is 13.6 Å². The van der Waals surface area contributed by atoms with E-state index in [1.807, 2.05) is 14.0 Å². The van der Waals surface area contributed by atoms with Crippen molar-refractivity contribution in [3.05, 3.63) is 16.4 Å². The second kappa shape index (κ2) is 6.73. The van der Waals surface area contributed by atoms with Crippen LogP contribution in [0.4, 0.5) is 0 Å². The fraction of sp³-hybridized carbons (Fsp3) is 0.786. The summed E-state index contributed by atoms with van der Waals surface area (Å²) >= 11 is 6.25. The predicted octanol–water partition coefficient (Wildman–Crippen LogP) is 2.35. The van der Waals surface area contributed by atoms with Crippen molar-refractivity contribution in [1.82, 2.24) is 20.0 Å². The molecule has 0 bridgehead atoms. The summed E-state index contributed by atoms with van der Waals surface area (Å²) in [5.74, 6) is 0. The Bertz CT molecular complexity index is 408. The van der Waals surface area contributed by atoms with Gasteiger partial charge >= 0.3 is 0 Å². The summed E-state index contributed by atoms with van der Waals surface area (Å²) in [4.78, 5) is 2.56. The molecule has 0 amide bonds. The van der Waals surface area contributed by atoms with Crippen molar-refractivity contribution in [2.75, 3.05) is 19.6 Å². The van der Waals surface area contributed by atoms with E-state index in [0.29, 0.717) is 6.04 Å². The van der Waals surface area contributed by atoms with E-state index in [-0.39, 0.29) is 0 Å². The molecule has 5 heteroatoms. The van der Waals surface area contributed by atoms with Gasteiger partial charge in [0.25, 0.3) is 0 Å². The number of rotatable bonds is 5. The van der Waals surface area contributed by atoms with Gasteiger partial charge in [0.05, 0.1) is 5.69 Å². The molecule has 2 heterocycles. The number of aromatic nitrogens is 2. The molecule has 1 fully saturated rings. The molecule has 4 nitrogen and oxygen atoms in total. The molecule has 0 unspecified atom stereocenters. The SMILES string of the molecule is CCCN1CCC(NCc2c(C)nn(C)c2Cl)CC1. The van der Waals surface area contributed by atoms with Gasteiger partial charge < -0.3 is 10.2 Å². The van der Waals surface area contributed by atoms with Crippen molar-refractivity contribution < 1.29 is 0 Å². The van der Waals surface area contributed by atoms with Gasteiger partial charge in [-0.1, -0.05) is 18.5 Å². The van der Waals surface area contributed by atoms with E-state index in [1.54, 1.807) is 4.68 Å². The Morgan fingerprint density at radius 2 is 2.05 bits per heavy atom. The maximum Gasteiger partial charge on any atom is 0.131 e. The topological polar surface area (TPSA) is 33.1 Å². The van der Waals surface area contributed by atoms with Crippen LogP contribution in [0.1, 0.15) is 37.4 Å². The maximum absolute atomic E-state index is 6.25. The summed E-state index contributed by atoms with van der Waals surface area (Å²) in [6.45, 7) is 8.76. The van der Waals surface area contributed by atoms with Crippen molar-refractivity contribution in [3.8, 4) is 0 Å². The van der Waals surface area contributed by atoms with Gasteiger partial charge in [-0.15, -0.1) is 0 Å². The number of halogens is 1. The second-order valence-electron chi connectivity index (χ2n) is 5.48. The van der Waals surface area contributed by atoms with Gasteiger partial charge in [-0.25, -0.2) is 0 Å². The summed E-state index contributed by atoms with van der Waals surface area (Å²) < 4.78 is 1.75. The van der Waals surface area contributed by atoms with Crippen molar-refractivity contribution in [3.63, 3.8) is 0 Å². The minimum atomic E-state index is 0.615. The highest BCUT2D eigenvalue weighted by Gasteiger charge is 2.19. The lowest BCUT2D eigenvalue weighted by Crippen LogP contribution is -2.42. The standard InChI is InChI=1S/C14H25ClN4/c1-4-7-19-8-5-12(6-9-19)16-10-13-11(2)17-18(3)14(13)15/h12,16H,4-10H2,1-3H3. The molecule has 1 aromatic rings. The molecular formula is C14H25ClN4. The van der Waals surface area contributed by atoms with E-state index >= 15 is 0 Å². The molecule has 108 valence electrons. The van der Waals surface area contributed by atoms with Crippen LogP contribution in [0, 0.1) is 6.92 Å². The van der Waals surface area contributed by atoms with Gasteiger partial charge in [0, 0.05) is 25.2 Å². The smallest absolute Gasteiger partial charge is 0.131 e. The highest BCUT2D eigenvalue weighted by molar-refractivity contribution is 6.30. The molecule has 0 radical (unpaired) electrons. The minimum absolute atomic E-state index is 0.615. The number of nitrogens with zero attached hydrogens (tertiary/aromatic N) is 3. The molecule has 0 saturated carbocycles. The van der Waals surface area contributed by atoms with E-state index < -0.39 is 0 Å². The Hall–Kier alpha value is -0.580. The highest BCUT2D eigenvalue weighted by Crippen LogP contribution is 2.19. The molecule has 1 aliphatic heterocycles. The van der Waals surface area contributed by atoms with Gasteiger partial charge in [0.2, 0.25) is 0 Å². The van der Waals surface area contributed by atoms with Crippen LogP contribution in [-0.4, -0.2) is 40.4 Å². The molecule has 0 atom stereocenters. The van der Waals surface area contributed by atoms with E-state index in [0.717, 1.165) is 23.0 Å². The average molecular weight is 285 g/mol. The molecule has 0 aliphatic carbocycles. The lowest BCUT2D eigenvalue weighted by molar-refractivity contribution is 0.197. The Morgan fingerprint density at radius 3 is 2.58 bits per heavy atom. The van der Waals surface area contributed by atoms with E-state index in [9.17, 15) is 0 Å². The number of nitrogens with one attached hydrogen (secondary N) is 1. The summed E-state index contributed by atoms with van der Waals surface area (Å²) in [7, 11) is 1.89. The molecular weight excluding hydrogens is 260 g/mol. The van der Waals surface area contributed by atoms with Crippen LogP contribution in [0.25, 0.3) is 0 Å². The number of hydrogen-bond acceptors (Lipinski definition) is 3. The molecule has 1 aromatic heterocycles. The maximum atomic E-state index is 6.25. The second-order valence-corrected chi connectivity index (χ2v) is 5.83. The monoisotopic (exact) mass is 284 g/mol. The molecule has 0 spiro atoms. The number of hydrogen-bond donors (Lipinski definition) is 1. The lowest BCUT2D eigenvalue weighted by atomic mass is 10.0. The third-order valence-corrected chi connectivity index (χ3v) is 4.44. The summed E-state index contributed by atoms with van der Waals surface area (Å²) in [5.41, 5.74) is 2.17. The molecule has 1 saturated heterocycles. The zero-order valence-corrected chi connectivity index (χ0v) is 13.0. The highest BCUT2D eigenvalue weighted by atomic mass is 35.5. The Kier molecular flexibility index (Phi) is 5.25. The molecule has 1 aliphatic rings. The minimum Gasteiger partial charge on any atom is -0.310 e. The first-order chi connectivity index (χ1) is 9.11. The lowest BCUT2D eigenvalue weighted by Gasteiger charge is -2.32. The summed E-state index contributed by atoms with van der Waals surface area (Å²) in [5, 5.41) is 8.74. The Labute approximate surface area is 121 Å². The summed E-state index contributed by atoms with van der Waals surface area (Å²) in [6, 6.07) is 0.615. The van der Waals surface area contributed by atoms with Crippen molar-refractivity contribution in [2.45, 2.75) is 45.7 Å².